The zero-order valence-corrected chi connectivity index (χ0v) is 18.7. The van der Waals surface area contributed by atoms with Crippen LogP contribution < -0.4 is 14.2 Å². The maximum Gasteiger partial charge on any atom is 0.339 e. The van der Waals surface area contributed by atoms with Gasteiger partial charge in [0.05, 0.1) is 16.5 Å². The first kappa shape index (κ1) is 20.8. The Labute approximate surface area is 180 Å². The second-order valence-electron chi connectivity index (χ2n) is 5.74. The lowest BCUT2D eigenvalue weighted by Crippen LogP contribution is -2.17. The molecule has 6 nitrogen and oxygen atoms in total. The van der Waals surface area contributed by atoms with Crippen molar-refractivity contribution in [3.05, 3.63) is 56.9 Å². The molecule has 0 unspecified atom stereocenters. The summed E-state index contributed by atoms with van der Waals surface area (Å²) in [6, 6.07) is 9.53. The van der Waals surface area contributed by atoms with Gasteiger partial charge in [-0.1, -0.05) is 41.7 Å². The van der Waals surface area contributed by atoms with Crippen LogP contribution in [0.2, 0.25) is 0 Å². The summed E-state index contributed by atoms with van der Waals surface area (Å²) in [6.45, 7) is 1.86. The highest BCUT2D eigenvalue weighted by atomic mass is 79.9. The molecule has 2 aromatic carbocycles. The van der Waals surface area contributed by atoms with E-state index >= 15 is 0 Å². The normalized spacial score (nSPS) is 15.6. The smallest absolute Gasteiger partial charge is 0.339 e. The Morgan fingerprint density at radius 2 is 1.89 bits per heavy atom. The molecule has 3 rings (SSSR count). The summed E-state index contributed by atoms with van der Waals surface area (Å²) in [5, 5.41) is 2.54. The SMILES string of the molecule is COc1cc(C=C2SC(=S)NC2=O)cc(Br)c1OS(=O)(=O)c1ccc(C)cc1. The van der Waals surface area contributed by atoms with Crippen molar-refractivity contribution in [3.8, 4) is 11.5 Å². The molecule has 10 heteroatoms. The lowest BCUT2D eigenvalue weighted by Gasteiger charge is -2.13. The summed E-state index contributed by atoms with van der Waals surface area (Å²) in [5.74, 6) is -0.0699. The number of halogens is 1. The lowest BCUT2D eigenvalue weighted by atomic mass is 10.2. The number of benzene rings is 2. The molecule has 1 aliphatic heterocycles. The molecular formula is C18H14BrNO5S3. The largest absolute Gasteiger partial charge is 0.493 e. The van der Waals surface area contributed by atoms with Crippen molar-refractivity contribution < 1.29 is 22.1 Å². The van der Waals surface area contributed by atoms with Crippen LogP contribution in [0.5, 0.6) is 11.5 Å². The second-order valence-corrected chi connectivity index (χ2v) is 9.86. The summed E-state index contributed by atoms with van der Waals surface area (Å²) in [4.78, 5) is 12.3. The van der Waals surface area contributed by atoms with E-state index in [0.717, 1.165) is 17.3 Å². The molecule has 0 spiro atoms. The van der Waals surface area contributed by atoms with Crippen LogP contribution in [0.4, 0.5) is 0 Å². The predicted molar refractivity (Wildman–Crippen MR) is 116 cm³/mol. The fraction of sp³-hybridized carbons (Fsp3) is 0.111. The number of hydrogen-bond donors (Lipinski definition) is 1. The number of methoxy groups -OCH3 is 1. The van der Waals surface area contributed by atoms with Gasteiger partial charge in [0.25, 0.3) is 5.91 Å². The van der Waals surface area contributed by atoms with Crippen LogP contribution in [0.15, 0.2) is 50.7 Å². The number of nitrogens with one attached hydrogen (secondary N) is 1. The van der Waals surface area contributed by atoms with Gasteiger partial charge in [-0.15, -0.1) is 0 Å². The van der Waals surface area contributed by atoms with Crippen LogP contribution in [-0.4, -0.2) is 25.8 Å². The van der Waals surface area contributed by atoms with Gasteiger partial charge in [0.2, 0.25) is 0 Å². The van der Waals surface area contributed by atoms with E-state index in [9.17, 15) is 13.2 Å². The summed E-state index contributed by atoms with van der Waals surface area (Å²) in [6.07, 6.45) is 1.63. The van der Waals surface area contributed by atoms with Gasteiger partial charge in [0, 0.05) is 0 Å². The molecule has 1 N–H and O–H groups in total. The zero-order valence-electron chi connectivity index (χ0n) is 14.7. The number of thiocarbonyl (C=S) groups is 1. The third-order valence-corrected chi connectivity index (χ3v) is 6.68. The molecule has 0 saturated carbocycles. The minimum Gasteiger partial charge on any atom is -0.493 e. The highest BCUT2D eigenvalue weighted by molar-refractivity contribution is 9.10. The number of aryl methyl sites for hydroxylation is 1. The molecule has 0 bridgehead atoms. The number of hydrogen-bond acceptors (Lipinski definition) is 7. The Bertz CT molecular complexity index is 1090. The number of carbonyl (C=O) groups is 1. The predicted octanol–water partition coefficient (Wildman–Crippen LogP) is 4.02. The molecule has 2 aromatic rings. The monoisotopic (exact) mass is 499 g/mol. The number of thioether (sulfide) groups is 1. The van der Waals surface area contributed by atoms with E-state index in [2.05, 4.69) is 21.2 Å². The van der Waals surface area contributed by atoms with Gasteiger partial charge in [-0.05, 0) is 58.8 Å². The van der Waals surface area contributed by atoms with Crippen molar-refractivity contribution >= 4 is 66.3 Å². The standard InChI is InChI=1S/C18H14BrNO5S3/c1-10-3-5-12(6-4-10)28(22,23)25-16-13(19)7-11(8-14(16)24-2)9-15-17(21)20-18(26)27-15/h3-9H,1-2H3,(H,20,21,26). The molecular weight excluding hydrogens is 486 g/mol. The number of amides is 1. The van der Waals surface area contributed by atoms with Gasteiger partial charge >= 0.3 is 10.1 Å². The van der Waals surface area contributed by atoms with Crippen LogP contribution in [0.1, 0.15) is 11.1 Å². The Hall–Kier alpha value is -1.88. The van der Waals surface area contributed by atoms with Crippen LogP contribution in [0.3, 0.4) is 0 Å². The van der Waals surface area contributed by atoms with Crippen molar-refractivity contribution in [2.75, 3.05) is 7.11 Å². The van der Waals surface area contributed by atoms with E-state index in [0.29, 0.717) is 19.3 Å². The average molecular weight is 500 g/mol. The van der Waals surface area contributed by atoms with Crippen molar-refractivity contribution in [2.45, 2.75) is 11.8 Å². The maximum atomic E-state index is 12.6. The van der Waals surface area contributed by atoms with Crippen LogP contribution in [-0.2, 0) is 14.9 Å². The van der Waals surface area contributed by atoms with E-state index in [-0.39, 0.29) is 22.3 Å². The first-order valence-corrected chi connectivity index (χ1v) is 11.3. The summed E-state index contributed by atoms with van der Waals surface area (Å²) in [5.41, 5.74) is 1.55. The first-order chi connectivity index (χ1) is 13.2. The van der Waals surface area contributed by atoms with E-state index in [4.69, 9.17) is 21.1 Å². The fourth-order valence-electron chi connectivity index (χ4n) is 2.34. The van der Waals surface area contributed by atoms with Crippen LogP contribution >= 0.6 is 39.9 Å². The Morgan fingerprint density at radius 3 is 2.46 bits per heavy atom. The van der Waals surface area contributed by atoms with E-state index in [1.165, 1.54) is 19.2 Å². The molecule has 28 heavy (non-hydrogen) atoms. The Morgan fingerprint density at radius 1 is 1.21 bits per heavy atom. The minimum absolute atomic E-state index is 0.0178. The number of rotatable bonds is 5. The van der Waals surface area contributed by atoms with Crippen molar-refractivity contribution in [1.29, 1.82) is 0 Å². The summed E-state index contributed by atoms with van der Waals surface area (Å²) < 4.78 is 36.5. The number of carbonyl (C=O) groups excluding carboxylic acids is 1. The Kier molecular flexibility index (Phi) is 6.13. The van der Waals surface area contributed by atoms with Gasteiger partial charge in [-0.25, -0.2) is 0 Å². The molecule has 1 amide bonds. The molecule has 146 valence electrons. The molecule has 1 fully saturated rings. The van der Waals surface area contributed by atoms with E-state index in [1.807, 2.05) is 6.92 Å². The van der Waals surface area contributed by atoms with Gasteiger partial charge in [-0.3, -0.25) is 4.79 Å². The molecule has 1 aliphatic rings. The molecule has 1 saturated heterocycles. The quantitative estimate of drug-likeness (QED) is 0.377. The average Bonchev–Trinajstić information content (AvgIpc) is 2.94. The molecule has 0 aliphatic carbocycles. The van der Waals surface area contributed by atoms with Crippen LogP contribution in [0, 0.1) is 6.92 Å². The summed E-state index contributed by atoms with van der Waals surface area (Å²) >= 11 is 9.44. The Balaban J connectivity index is 1.96. The number of ether oxygens (including phenoxy) is 1. The molecule has 0 radical (unpaired) electrons. The van der Waals surface area contributed by atoms with Gasteiger partial charge in [0.15, 0.2) is 11.5 Å². The van der Waals surface area contributed by atoms with Gasteiger partial charge < -0.3 is 14.2 Å². The second kappa shape index (κ2) is 8.24. The molecule has 0 aromatic heterocycles. The van der Waals surface area contributed by atoms with Crippen molar-refractivity contribution in [3.63, 3.8) is 0 Å². The highest BCUT2D eigenvalue weighted by Crippen LogP contribution is 2.39. The van der Waals surface area contributed by atoms with E-state index in [1.54, 1.807) is 30.3 Å². The first-order valence-electron chi connectivity index (χ1n) is 7.83. The van der Waals surface area contributed by atoms with E-state index < -0.39 is 10.1 Å². The maximum absolute atomic E-state index is 12.6. The van der Waals surface area contributed by atoms with Gasteiger partial charge in [0.1, 0.15) is 9.22 Å². The zero-order chi connectivity index (χ0) is 20.5. The van der Waals surface area contributed by atoms with Crippen molar-refractivity contribution in [1.82, 2.24) is 5.32 Å². The molecule has 1 heterocycles. The lowest BCUT2D eigenvalue weighted by molar-refractivity contribution is -0.115. The third kappa shape index (κ3) is 4.57. The highest BCUT2D eigenvalue weighted by Gasteiger charge is 2.24. The minimum atomic E-state index is -4.05. The van der Waals surface area contributed by atoms with Crippen LogP contribution in [0.25, 0.3) is 6.08 Å². The summed E-state index contributed by atoms with van der Waals surface area (Å²) in [7, 11) is -2.65. The molecule has 0 atom stereocenters. The fourth-order valence-corrected chi connectivity index (χ4v) is 4.99. The third-order valence-electron chi connectivity index (χ3n) is 3.69. The van der Waals surface area contributed by atoms with Gasteiger partial charge in [-0.2, -0.15) is 8.42 Å². The topological polar surface area (TPSA) is 81.7 Å². The van der Waals surface area contributed by atoms with Crippen molar-refractivity contribution in [2.24, 2.45) is 0 Å².